The number of amides is 4. The summed E-state index contributed by atoms with van der Waals surface area (Å²) in [5, 5.41) is 2.71. The first-order valence-corrected chi connectivity index (χ1v) is 10.3. The van der Waals surface area contributed by atoms with Crippen molar-refractivity contribution < 1.29 is 19.2 Å². The molecule has 4 amide bonds. The molecule has 0 aromatic heterocycles. The van der Waals surface area contributed by atoms with Crippen LogP contribution >= 0.6 is 11.8 Å². The van der Waals surface area contributed by atoms with Gasteiger partial charge in [-0.05, 0) is 61.5 Å². The second-order valence-corrected chi connectivity index (χ2v) is 8.27. The lowest BCUT2D eigenvalue weighted by Crippen LogP contribution is -2.31. The number of anilines is 1. The van der Waals surface area contributed by atoms with Crippen molar-refractivity contribution in [3.05, 3.63) is 59.2 Å². The molecular formula is C22H23N3O4S. The van der Waals surface area contributed by atoms with Crippen LogP contribution in [0.4, 0.5) is 10.5 Å². The van der Waals surface area contributed by atoms with E-state index in [0.717, 1.165) is 22.2 Å². The quantitative estimate of drug-likeness (QED) is 0.562. The number of hydrogen-bond donors (Lipinski definition) is 1. The Morgan fingerprint density at radius 3 is 2.33 bits per heavy atom. The van der Waals surface area contributed by atoms with Crippen molar-refractivity contribution >= 4 is 40.4 Å². The first-order chi connectivity index (χ1) is 14.3. The second-order valence-electron chi connectivity index (χ2n) is 7.25. The highest BCUT2D eigenvalue weighted by Crippen LogP contribution is 2.25. The van der Waals surface area contributed by atoms with E-state index in [9.17, 15) is 19.2 Å². The van der Waals surface area contributed by atoms with E-state index in [1.165, 1.54) is 9.80 Å². The van der Waals surface area contributed by atoms with Gasteiger partial charge in [0, 0.05) is 37.6 Å². The highest BCUT2D eigenvalue weighted by Gasteiger charge is 2.34. The number of rotatable bonds is 6. The van der Waals surface area contributed by atoms with Crippen molar-refractivity contribution in [2.45, 2.75) is 24.7 Å². The van der Waals surface area contributed by atoms with E-state index in [2.05, 4.69) is 5.32 Å². The van der Waals surface area contributed by atoms with E-state index in [4.69, 9.17) is 0 Å². The zero-order valence-corrected chi connectivity index (χ0v) is 17.9. The highest BCUT2D eigenvalue weighted by atomic mass is 32.2. The van der Waals surface area contributed by atoms with Gasteiger partial charge in [0.1, 0.15) is 0 Å². The van der Waals surface area contributed by atoms with E-state index in [0.29, 0.717) is 23.2 Å². The highest BCUT2D eigenvalue weighted by molar-refractivity contribution is 8.13. The predicted octanol–water partition coefficient (Wildman–Crippen LogP) is 3.78. The zero-order chi connectivity index (χ0) is 21.8. The largest absolute Gasteiger partial charge is 0.339 e. The third-order valence-electron chi connectivity index (χ3n) is 4.62. The van der Waals surface area contributed by atoms with Crippen LogP contribution in [0.3, 0.4) is 0 Å². The molecule has 30 heavy (non-hydrogen) atoms. The summed E-state index contributed by atoms with van der Waals surface area (Å²) < 4.78 is 0. The van der Waals surface area contributed by atoms with Gasteiger partial charge in [-0.25, -0.2) is 0 Å². The van der Waals surface area contributed by atoms with Gasteiger partial charge in [-0.3, -0.25) is 24.1 Å². The number of carbonyl (C=O) groups is 4. The third kappa shape index (κ3) is 4.88. The number of aryl methyl sites for hydroxylation is 1. The van der Waals surface area contributed by atoms with Crippen LogP contribution in [0, 0.1) is 6.92 Å². The van der Waals surface area contributed by atoms with E-state index in [-0.39, 0.29) is 35.9 Å². The molecule has 0 bridgehead atoms. The molecule has 1 aliphatic rings. The maximum absolute atomic E-state index is 12.5. The van der Waals surface area contributed by atoms with Crippen molar-refractivity contribution in [2.75, 3.05) is 26.0 Å². The van der Waals surface area contributed by atoms with E-state index in [1.807, 2.05) is 6.92 Å². The fraction of sp³-hybridized carbons (Fsp3) is 0.273. The number of nitrogens with one attached hydrogen (secondary N) is 1. The van der Waals surface area contributed by atoms with E-state index >= 15 is 0 Å². The van der Waals surface area contributed by atoms with Crippen LogP contribution in [-0.4, -0.2) is 53.4 Å². The Kier molecular flexibility index (Phi) is 6.56. The molecule has 7 nitrogen and oxygen atoms in total. The lowest BCUT2D eigenvalue weighted by Gasteiger charge is -2.13. The smallest absolute Gasteiger partial charge is 0.285 e. The van der Waals surface area contributed by atoms with Gasteiger partial charge in [0.25, 0.3) is 17.1 Å². The third-order valence-corrected chi connectivity index (χ3v) is 5.67. The van der Waals surface area contributed by atoms with Crippen LogP contribution in [0.1, 0.15) is 39.1 Å². The van der Waals surface area contributed by atoms with Gasteiger partial charge < -0.3 is 10.2 Å². The summed E-state index contributed by atoms with van der Waals surface area (Å²) in [5.41, 5.74) is 2.39. The number of hydrogen-bond acceptors (Lipinski definition) is 5. The number of imide groups is 1. The second kappa shape index (κ2) is 9.13. The molecule has 2 aromatic rings. The van der Waals surface area contributed by atoms with Gasteiger partial charge in [0.2, 0.25) is 5.91 Å². The minimum atomic E-state index is -0.309. The monoisotopic (exact) mass is 425 g/mol. The first kappa shape index (κ1) is 21.6. The molecule has 0 unspecified atom stereocenters. The lowest BCUT2D eigenvalue weighted by atomic mass is 10.1. The molecule has 2 aromatic carbocycles. The Balaban J connectivity index is 1.48. The summed E-state index contributed by atoms with van der Waals surface area (Å²) in [6.07, 6.45) is 0.559. The van der Waals surface area contributed by atoms with Crippen molar-refractivity contribution in [1.29, 1.82) is 0 Å². The van der Waals surface area contributed by atoms with Gasteiger partial charge in [-0.15, -0.1) is 0 Å². The summed E-state index contributed by atoms with van der Waals surface area (Å²) >= 11 is 1.11. The van der Waals surface area contributed by atoms with Gasteiger partial charge in [-0.2, -0.15) is 0 Å². The lowest BCUT2D eigenvalue weighted by molar-refractivity contribution is -0.116. The Hall–Kier alpha value is -3.13. The average molecular weight is 426 g/mol. The molecule has 1 aliphatic heterocycles. The Bertz CT molecular complexity index is 1000. The van der Waals surface area contributed by atoms with Gasteiger partial charge in [-0.1, -0.05) is 11.6 Å². The summed E-state index contributed by atoms with van der Waals surface area (Å²) in [6, 6.07) is 12.2. The first-order valence-electron chi connectivity index (χ1n) is 9.52. The summed E-state index contributed by atoms with van der Waals surface area (Å²) in [4.78, 5) is 52.2. The molecule has 0 saturated heterocycles. The van der Waals surface area contributed by atoms with Gasteiger partial charge in [0.15, 0.2) is 0 Å². The Morgan fingerprint density at radius 1 is 1.00 bits per heavy atom. The predicted molar refractivity (Wildman–Crippen MR) is 116 cm³/mol. The molecule has 0 radical (unpaired) electrons. The molecule has 8 heteroatoms. The number of fused-ring (bicyclic) bond motifs is 1. The van der Waals surface area contributed by atoms with Crippen LogP contribution in [-0.2, 0) is 4.79 Å². The van der Waals surface area contributed by atoms with E-state index in [1.54, 1.807) is 56.6 Å². The minimum Gasteiger partial charge on any atom is -0.339 e. The van der Waals surface area contributed by atoms with Crippen LogP contribution in [0.25, 0.3) is 0 Å². The molecule has 0 spiro atoms. The minimum absolute atomic E-state index is 0.0740. The summed E-state index contributed by atoms with van der Waals surface area (Å²) in [6.45, 7) is 2.07. The number of benzene rings is 2. The van der Waals surface area contributed by atoms with Crippen molar-refractivity contribution in [1.82, 2.24) is 9.80 Å². The number of thioether (sulfide) groups is 1. The summed E-state index contributed by atoms with van der Waals surface area (Å²) in [5.74, 6) is -0.817. The molecule has 1 heterocycles. The molecule has 3 rings (SSSR count). The molecular weight excluding hydrogens is 402 g/mol. The van der Waals surface area contributed by atoms with Crippen molar-refractivity contribution in [3.63, 3.8) is 0 Å². The van der Waals surface area contributed by atoms with Crippen molar-refractivity contribution in [3.8, 4) is 0 Å². The van der Waals surface area contributed by atoms with E-state index < -0.39 is 0 Å². The van der Waals surface area contributed by atoms with Crippen LogP contribution in [0.15, 0.2) is 47.4 Å². The van der Waals surface area contributed by atoms with Gasteiger partial charge in [0.05, 0.1) is 11.1 Å². The SMILES string of the molecule is Cc1ccc2c(c1)C(=O)N(CCCC(=O)Nc1ccc(SC(=O)N(C)C)cc1)C2=O. The fourth-order valence-electron chi connectivity index (χ4n) is 3.03. The Labute approximate surface area is 179 Å². The number of nitrogens with zero attached hydrogens (tertiary/aromatic N) is 2. The Morgan fingerprint density at radius 2 is 1.67 bits per heavy atom. The topological polar surface area (TPSA) is 86.8 Å². The fourth-order valence-corrected chi connectivity index (χ4v) is 3.68. The maximum Gasteiger partial charge on any atom is 0.285 e. The maximum atomic E-state index is 12.5. The average Bonchev–Trinajstić information content (AvgIpc) is 2.93. The van der Waals surface area contributed by atoms with Gasteiger partial charge >= 0.3 is 0 Å². The van der Waals surface area contributed by atoms with Crippen LogP contribution < -0.4 is 5.32 Å². The van der Waals surface area contributed by atoms with Crippen LogP contribution in [0.5, 0.6) is 0 Å². The zero-order valence-electron chi connectivity index (χ0n) is 17.1. The number of carbonyl (C=O) groups excluding carboxylic acids is 4. The molecule has 0 aliphatic carbocycles. The normalized spacial score (nSPS) is 12.7. The molecule has 1 N–H and O–H groups in total. The van der Waals surface area contributed by atoms with Crippen LogP contribution in [0.2, 0.25) is 0 Å². The molecule has 0 fully saturated rings. The summed E-state index contributed by atoms with van der Waals surface area (Å²) in [7, 11) is 3.37. The molecule has 0 saturated carbocycles. The molecule has 156 valence electrons. The molecule has 0 atom stereocenters. The standard InChI is InChI=1S/C22H23N3O4S/c1-14-6-11-17-18(13-14)21(28)25(20(17)27)12-4-5-19(26)23-15-7-9-16(10-8-15)30-22(29)24(2)3/h6-11,13H,4-5,12H2,1-3H3,(H,23,26). The van der Waals surface area contributed by atoms with Crippen molar-refractivity contribution in [2.24, 2.45) is 0 Å².